The van der Waals surface area contributed by atoms with Gasteiger partial charge < -0.3 is 9.47 Å². The van der Waals surface area contributed by atoms with Crippen LogP contribution in [0.25, 0.3) is 11.4 Å². The Hall–Kier alpha value is -2.60. The van der Waals surface area contributed by atoms with Crippen molar-refractivity contribution in [3.05, 3.63) is 65.7 Å². The Morgan fingerprint density at radius 1 is 1.07 bits per heavy atom. The van der Waals surface area contributed by atoms with Crippen molar-refractivity contribution in [2.45, 2.75) is 38.5 Å². The minimum atomic E-state index is 0.101. The third-order valence-corrected chi connectivity index (χ3v) is 5.61. The van der Waals surface area contributed by atoms with Crippen LogP contribution in [0.5, 0.6) is 0 Å². The van der Waals surface area contributed by atoms with E-state index in [0.29, 0.717) is 12.3 Å². The van der Waals surface area contributed by atoms with Crippen LogP contribution in [0.3, 0.4) is 0 Å². The van der Waals surface area contributed by atoms with E-state index >= 15 is 0 Å². The first kappa shape index (κ1) is 20.1. The molecule has 5 nitrogen and oxygen atoms in total. The molecule has 28 heavy (non-hydrogen) atoms. The van der Waals surface area contributed by atoms with E-state index in [-0.39, 0.29) is 11.9 Å². The van der Waals surface area contributed by atoms with Gasteiger partial charge in [-0.1, -0.05) is 71.9 Å². The van der Waals surface area contributed by atoms with Crippen molar-refractivity contribution in [2.24, 2.45) is 7.05 Å². The molecule has 0 unspecified atom stereocenters. The van der Waals surface area contributed by atoms with Crippen LogP contribution in [0.1, 0.15) is 25.0 Å². The first-order valence-electron chi connectivity index (χ1n) is 9.38. The van der Waals surface area contributed by atoms with E-state index in [9.17, 15) is 4.79 Å². The molecular weight excluding hydrogens is 368 g/mol. The van der Waals surface area contributed by atoms with Crippen LogP contribution in [0.15, 0.2) is 59.8 Å². The number of hydrogen-bond acceptors (Lipinski definition) is 4. The van der Waals surface area contributed by atoms with Gasteiger partial charge in [-0.25, -0.2) is 0 Å². The van der Waals surface area contributed by atoms with Gasteiger partial charge in [-0.3, -0.25) is 4.79 Å². The Kier molecular flexibility index (Phi) is 6.52. The molecule has 0 saturated heterocycles. The molecular formula is C22H26N4OS. The third kappa shape index (κ3) is 4.81. The van der Waals surface area contributed by atoms with Crippen molar-refractivity contribution in [3.8, 4) is 11.4 Å². The summed E-state index contributed by atoms with van der Waals surface area (Å²) in [5.41, 5.74) is 3.36. The lowest BCUT2D eigenvalue weighted by Gasteiger charge is -2.26. The molecule has 0 saturated carbocycles. The maximum absolute atomic E-state index is 12.8. The standard InChI is InChI=1S/C22H26N4OS/c1-16(2)26(14-18-8-6-5-7-9-18)20(27)15-28-22-24-23-21(25(22)4)19-12-10-17(3)11-13-19/h5-13,16H,14-15H2,1-4H3. The maximum atomic E-state index is 12.8. The van der Waals surface area contributed by atoms with E-state index in [1.807, 2.05) is 72.8 Å². The number of amides is 1. The lowest BCUT2D eigenvalue weighted by atomic mass is 10.1. The van der Waals surface area contributed by atoms with Gasteiger partial charge in [0.15, 0.2) is 11.0 Å². The molecule has 0 N–H and O–H groups in total. The second-order valence-corrected chi connectivity index (χ2v) is 8.06. The molecule has 1 heterocycles. The summed E-state index contributed by atoms with van der Waals surface area (Å²) in [7, 11) is 1.94. The number of carbonyl (C=O) groups is 1. The number of carbonyl (C=O) groups excluding carboxylic acids is 1. The van der Waals surface area contributed by atoms with Gasteiger partial charge in [0, 0.05) is 25.2 Å². The van der Waals surface area contributed by atoms with Gasteiger partial charge in [0.1, 0.15) is 0 Å². The molecule has 0 radical (unpaired) electrons. The van der Waals surface area contributed by atoms with E-state index in [1.54, 1.807) is 0 Å². The summed E-state index contributed by atoms with van der Waals surface area (Å²) in [6.45, 7) is 6.77. The minimum Gasteiger partial charge on any atom is -0.335 e. The largest absolute Gasteiger partial charge is 0.335 e. The highest BCUT2D eigenvalue weighted by Gasteiger charge is 2.19. The zero-order valence-corrected chi connectivity index (χ0v) is 17.6. The highest BCUT2D eigenvalue weighted by molar-refractivity contribution is 7.99. The zero-order valence-electron chi connectivity index (χ0n) is 16.8. The Bertz CT molecular complexity index is 919. The highest BCUT2D eigenvalue weighted by atomic mass is 32.2. The fourth-order valence-corrected chi connectivity index (χ4v) is 3.74. The molecule has 2 aromatic carbocycles. The molecule has 3 aromatic rings. The summed E-state index contributed by atoms with van der Waals surface area (Å²) in [6.07, 6.45) is 0. The van der Waals surface area contributed by atoms with Crippen molar-refractivity contribution in [1.29, 1.82) is 0 Å². The number of thioether (sulfide) groups is 1. The lowest BCUT2D eigenvalue weighted by Crippen LogP contribution is -2.37. The summed E-state index contributed by atoms with van der Waals surface area (Å²) in [5.74, 6) is 1.24. The molecule has 0 aliphatic heterocycles. The number of benzene rings is 2. The molecule has 3 rings (SSSR count). The molecule has 146 valence electrons. The number of rotatable bonds is 7. The van der Waals surface area contributed by atoms with Gasteiger partial charge in [0.05, 0.1) is 5.75 Å². The topological polar surface area (TPSA) is 51.0 Å². The van der Waals surface area contributed by atoms with E-state index in [4.69, 9.17) is 0 Å². The van der Waals surface area contributed by atoms with Gasteiger partial charge in [-0.15, -0.1) is 10.2 Å². The van der Waals surface area contributed by atoms with Crippen molar-refractivity contribution >= 4 is 17.7 Å². The quantitative estimate of drug-likeness (QED) is 0.560. The van der Waals surface area contributed by atoms with Crippen molar-refractivity contribution in [1.82, 2.24) is 19.7 Å². The molecule has 0 aliphatic carbocycles. The number of nitrogens with zero attached hydrogens (tertiary/aromatic N) is 4. The zero-order chi connectivity index (χ0) is 20.1. The third-order valence-electron chi connectivity index (χ3n) is 4.61. The van der Waals surface area contributed by atoms with Crippen LogP contribution in [-0.2, 0) is 18.4 Å². The predicted octanol–water partition coefficient (Wildman–Crippen LogP) is 4.32. The predicted molar refractivity (Wildman–Crippen MR) is 114 cm³/mol. The molecule has 0 aliphatic rings. The molecule has 6 heteroatoms. The monoisotopic (exact) mass is 394 g/mol. The van der Waals surface area contributed by atoms with Crippen molar-refractivity contribution in [2.75, 3.05) is 5.75 Å². The average molecular weight is 395 g/mol. The average Bonchev–Trinajstić information content (AvgIpc) is 3.06. The Balaban J connectivity index is 1.67. The molecule has 1 aromatic heterocycles. The molecule has 0 fully saturated rings. The number of aromatic nitrogens is 3. The fourth-order valence-electron chi connectivity index (χ4n) is 2.94. The van der Waals surface area contributed by atoms with Crippen LogP contribution in [0.2, 0.25) is 0 Å². The molecule has 1 amide bonds. The van der Waals surface area contributed by atoms with Gasteiger partial charge in [-0.05, 0) is 26.3 Å². The first-order valence-corrected chi connectivity index (χ1v) is 10.4. The minimum absolute atomic E-state index is 0.101. The Labute approximate surface area is 170 Å². The van der Waals surface area contributed by atoms with Gasteiger partial charge in [-0.2, -0.15) is 0 Å². The van der Waals surface area contributed by atoms with Crippen LogP contribution >= 0.6 is 11.8 Å². The van der Waals surface area contributed by atoms with Gasteiger partial charge >= 0.3 is 0 Å². The van der Waals surface area contributed by atoms with E-state index in [0.717, 1.165) is 22.1 Å². The Morgan fingerprint density at radius 2 is 1.75 bits per heavy atom. The first-order chi connectivity index (χ1) is 13.5. The maximum Gasteiger partial charge on any atom is 0.233 e. The lowest BCUT2D eigenvalue weighted by molar-refractivity contribution is -0.130. The summed E-state index contributed by atoms with van der Waals surface area (Å²) in [5, 5.41) is 9.33. The van der Waals surface area contributed by atoms with Gasteiger partial charge in [0.25, 0.3) is 0 Å². The van der Waals surface area contributed by atoms with Crippen LogP contribution in [0, 0.1) is 6.92 Å². The SMILES string of the molecule is Cc1ccc(-c2nnc(SCC(=O)N(Cc3ccccc3)C(C)C)n2C)cc1. The second kappa shape index (κ2) is 9.06. The van der Waals surface area contributed by atoms with Gasteiger partial charge in [0.2, 0.25) is 5.91 Å². The summed E-state index contributed by atoms with van der Waals surface area (Å²) in [4.78, 5) is 14.7. The van der Waals surface area contributed by atoms with E-state index < -0.39 is 0 Å². The smallest absolute Gasteiger partial charge is 0.233 e. The summed E-state index contributed by atoms with van der Waals surface area (Å²) < 4.78 is 1.94. The normalized spacial score (nSPS) is 11.0. The molecule has 0 bridgehead atoms. The summed E-state index contributed by atoms with van der Waals surface area (Å²) in [6, 6.07) is 18.4. The molecule has 0 spiro atoms. The highest BCUT2D eigenvalue weighted by Crippen LogP contribution is 2.23. The molecule has 0 atom stereocenters. The van der Waals surface area contributed by atoms with Crippen LogP contribution in [-0.4, -0.2) is 37.4 Å². The summed E-state index contributed by atoms with van der Waals surface area (Å²) >= 11 is 1.43. The number of aryl methyl sites for hydroxylation is 1. The van der Waals surface area contributed by atoms with Crippen molar-refractivity contribution < 1.29 is 4.79 Å². The van der Waals surface area contributed by atoms with E-state index in [1.165, 1.54) is 17.3 Å². The van der Waals surface area contributed by atoms with Crippen LogP contribution in [0.4, 0.5) is 0 Å². The van der Waals surface area contributed by atoms with Crippen molar-refractivity contribution in [3.63, 3.8) is 0 Å². The Morgan fingerprint density at radius 3 is 2.39 bits per heavy atom. The second-order valence-electron chi connectivity index (χ2n) is 7.12. The van der Waals surface area contributed by atoms with E-state index in [2.05, 4.69) is 29.3 Å². The number of hydrogen-bond donors (Lipinski definition) is 0. The fraction of sp³-hybridized carbons (Fsp3) is 0.318. The van der Waals surface area contributed by atoms with Crippen LogP contribution < -0.4 is 0 Å².